The van der Waals surface area contributed by atoms with Gasteiger partial charge in [-0.1, -0.05) is 26.0 Å². The lowest BCUT2D eigenvalue weighted by molar-refractivity contribution is -0.132. The van der Waals surface area contributed by atoms with Gasteiger partial charge in [-0.3, -0.25) is 4.79 Å². The topological polar surface area (TPSA) is 32.3 Å². The Morgan fingerprint density at radius 1 is 1.39 bits per heavy atom. The second kappa shape index (κ2) is 9.89. The Bertz CT molecular complexity index is 490. The first-order valence-corrected chi connectivity index (χ1v) is 8.34. The summed E-state index contributed by atoms with van der Waals surface area (Å²) in [6.07, 6.45) is 2.61. The van der Waals surface area contributed by atoms with E-state index in [9.17, 15) is 9.18 Å². The molecule has 0 bridgehead atoms. The minimum absolute atomic E-state index is 0. The molecule has 1 aromatic rings. The molecule has 1 atom stereocenters. The van der Waals surface area contributed by atoms with Gasteiger partial charge in [-0.2, -0.15) is 0 Å². The molecule has 1 heterocycles. The molecule has 5 heteroatoms. The van der Waals surface area contributed by atoms with Crippen molar-refractivity contribution in [2.24, 2.45) is 5.92 Å². The zero-order valence-corrected chi connectivity index (χ0v) is 14.9. The van der Waals surface area contributed by atoms with Crippen LogP contribution in [0.5, 0.6) is 0 Å². The molecule has 1 amide bonds. The van der Waals surface area contributed by atoms with Gasteiger partial charge in [0.25, 0.3) is 0 Å². The third-order valence-corrected chi connectivity index (χ3v) is 4.55. The SMILES string of the molecule is CCNCC1CCN(C(=O)CC(C)c2cccc(F)c2)CC1.Cl. The number of piperidine rings is 1. The molecule has 1 saturated heterocycles. The van der Waals surface area contributed by atoms with E-state index in [0.717, 1.165) is 44.6 Å². The maximum absolute atomic E-state index is 13.3. The number of hydrogen-bond donors (Lipinski definition) is 1. The lowest BCUT2D eigenvalue weighted by Crippen LogP contribution is -2.41. The molecule has 23 heavy (non-hydrogen) atoms. The molecule has 1 fully saturated rings. The quantitative estimate of drug-likeness (QED) is 0.856. The fraction of sp³-hybridized carbons (Fsp3) is 0.611. The van der Waals surface area contributed by atoms with E-state index in [1.165, 1.54) is 12.1 Å². The molecule has 1 aliphatic heterocycles. The van der Waals surface area contributed by atoms with Crippen LogP contribution in [0.25, 0.3) is 0 Å². The van der Waals surface area contributed by atoms with Gasteiger partial charge >= 0.3 is 0 Å². The maximum Gasteiger partial charge on any atom is 0.223 e. The van der Waals surface area contributed by atoms with Gasteiger partial charge in [0.05, 0.1) is 0 Å². The number of nitrogens with one attached hydrogen (secondary N) is 1. The van der Waals surface area contributed by atoms with Crippen molar-refractivity contribution in [2.45, 2.75) is 39.0 Å². The predicted molar refractivity (Wildman–Crippen MR) is 94.5 cm³/mol. The minimum atomic E-state index is -0.235. The number of carbonyl (C=O) groups excluding carboxylic acids is 1. The Hall–Kier alpha value is -1.13. The van der Waals surface area contributed by atoms with Crippen LogP contribution in [-0.4, -0.2) is 37.0 Å². The number of hydrogen-bond acceptors (Lipinski definition) is 2. The molecule has 1 aliphatic rings. The van der Waals surface area contributed by atoms with E-state index in [-0.39, 0.29) is 30.0 Å². The number of amides is 1. The lowest BCUT2D eigenvalue weighted by atomic mass is 9.94. The van der Waals surface area contributed by atoms with Crippen LogP contribution in [0, 0.1) is 11.7 Å². The first-order valence-electron chi connectivity index (χ1n) is 8.34. The van der Waals surface area contributed by atoms with Crippen molar-refractivity contribution in [1.82, 2.24) is 10.2 Å². The fourth-order valence-corrected chi connectivity index (χ4v) is 3.06. The Kier molecular flexibility index (Phi) is 8.56. The van der Waals surface area contributed by atoms with E-state index in [0.29, 0.717) is 12.3 Å². The van der Waals surface area contributed by atoms with Crippen molar-refractivity contribution in [3.63, 3.8) is 0 Å². The van der Waals surface area contributed by atoms with Gasteiger partial charge in [-0.25, -0.2) is 4.39 Å². The predicted octanol–water partition coefficient (Wildman–Crippen LogP) is 3.59. The van der Waals surface area contributed by atoms with Gasteiger partial charge < -0.3 is 10.2 Å². The van der Waals surface area contributed by atoms with E-state index in [2.05, 4.69) is 12.2 Å². The van der Waals surface area contributed by atoms with Gasteiger partial charge in [0.1, 0.15) is 5.82 Å². The summed E-state index contributed by atoms with van der Waals surface area (Å²) in [5.41, 5.74) is 0.899. The summed E-state index contributed by atoms with van der Waals surface area (Å²) in [6.45, 7) is 7.87. The molecule has 2 rings (SSSR count). The van der Waals surface area contributed by atoms with Crippen molar-refractivity contribution in [1.29, 1.82) is 0 Å². The molecule has 1 aromatic carbocycles. The molecule has 1 N–H and O–H groups in total. The molecule has 0 aliphatic carbocycles. The first-order chi connectivity index (χ1) is 10.6. The summed E-state index contributed by atoms with van der Waals surface area (Å²) < 4.78 is 13.3. The number of nitrogens with zero attached hydrogens (tertiary/aromatic N) is 1. The van der Waals surface area contributed by atoms with Crippen molar-refractivity contribution >= 4 is 18.3 Å². The second-order valence-electron chi connectivity index (χ2n) is 6.29. The molecule has 3 nitrogen and oxygen atoms in total. The van der Waals surface area contributed by atoms with Gasteiger partial charge in [0.2, 0.25) is 5.91 Å². The van der Waals surface area contributed by atoms with E-state index in [1.807, 2.05) is 17.9 Å². The Labute approximate surface area is 145 Å². The molecule has 0 saturated carbocycles. The highest BCUT2D eigenvalue weighted by Gasteiger charge is 2.23. The second-order valence-corrected chi connectivity index (χ2v) is 6.29. The highest BCUT2D eigenvalue weighted by atomic mass is 35.5. The summed E-state index contributed by atoms with van der Waals surface area (Å²) >= 11 is 0. The van der Waals surface area contributed by atoms with Crippen LogP contribution in [0.1, 0.15) is 44.6 Å². The molecular weight excluding hydrogens is 315 g/mol. The third kappa shape index (κ3) is 6.11. The zero-order chi connectivity index (χ0) is 15.9. The third-order valence-electron chi connectivity index (χ3n) is 4.55. The van der Waals surface area contributed by atoms with Crippen LogP contribution in [-0.2, 0) is 4.79 Å². The summed E-state index contributed by atoms with van der Waals surface area (Å²) in [5, 5.41) is 3.38. The average molecular weight is 343 g/mol. The van der Waals surface area contributed by atoms with Crippen LogP contribution in [0.15, 0.2) is 24.3 Å². The highest BCUT2D eigenvalue weighted by molar-refractivity contribution is 5.85. The normalized spacial score (nSPS) is 16.7. The molecule has 130 valence electrons. The maximum atomic E-state index is 13.3. The van der Waals surface area contributed by atoms with Crippen molar-refractivity contribution in [2.75, 3.05) is 26.2 Å². The molecular formula is C18H28ClFN2O. The summed E-state index contributed by atoms with van der Waals surface area (Å²) in [6, 6.07) is 6.56. The number of benzene rings is 1. The summed E-state index contributed by atoms with van der Waals surface area (Å²) in [5.74, 6) is 0.701. The van der Waals surface area contributed by atoms with Crippen molar-refractivity contribution < 1.29 is 9.18 Å². The summed E-state index contributed by atoms with van der Waals surface area (Å²) in [7, 11) is 0. The molecule has 1 unspecified atom stereocenters. The number of halogens is 2. The summed E-state index contributed by atoms with van der Waals surface area (Å²) in [4.78, 5) is 14.4. The lowest BCUT2D eigenvalue weighted by Gasteiger charge is -2.32. The van der Waals surface area contributed by atoms with Crippen LogP contribution < -0.4 is 5.32 Å². The monoisotopic (exact) mass is 342 g/mol. The van der Waals surface area contributed by atoms with Gasteiger partial charge in [-0.05, 0) is 55.5 Å². The number of rotatable bonds is 6. The van der Waals surface area contributed by atoms with E-state index >= 15 is 0 Å². The van der Waals surface area contributed by atoms with Crippen LogP contribution in [0.3, 0.4) is 0 Å². The highest BCUT2D eigenvalue weighted by Crippen LogP contribution is 2.23. The van der Waals surface area contributed by atoms with Crippen LogP contribution in [0.4, 0.5) is 4.39 Å². The largest absolute Gasteiger partial charge is 0.343 e. The van der Waals surface area contributed by atoms with Crippen LogP contribution >= 0.6 is 12.4 Å². The smallest absolute Gasteiger partial charge is 0.223 e. The Morgan fingerprint density at radius 3 is 2.70 bits per heavy atom. The standard InChI is InChI=1S/C18H27FN2O.ClH/c1-3-20-13-15-7-9-21(10-8-15)18(22)11-14(2)16-5-4-6-17(19)12-16;/h4-6,12,14-15,20H,3,7-11,13H2,1-2H3;1H. The average Bonchev–Trinajstić information content (AvgIpc) is 2.53. The first kappa shape index (κ1) is 19.9. The van der Waals surface area contributed by atoms with Gasteiger partial charge in [-0.15, -0.1) is 12.4 Å². The van der Waals surface area contributed by atoms with Gasteiger partial charge in [0, 0.05) is 19.5 Å². The number of likely N-dealkylation sites (tertiary alicyclic amines) is 1. The van der Waals surface area contributed by atoms with Crippen molar-refractivity contribution in [3.8, 4) is 0 Å². The van der Waals surface area contributed by atoms with Gasteiger partial charge in [0.15, 0.2) is 0 Å². The molecule has 0 spiro atoms. The minimum Gasteiger partial charge on any atom is -0.343 e. The fourth-order valence-electron chi connectivity index (χ4n) is 3.06. The Morgan fingerprint density at radius 2 is 2.09 bits per heavy atom. The van der Waals surface area contributed by atoms with Crippen LogP contribution in [0.2, 0.25) is 0 Å². The van der Waals surface area contributed by atoms with E-state index in [4.69, 9.17) is 0 Å². The number of carbonyl (C=O) groups is 1. The Balaban J connectivity index is 0.00000264. The van der Waals surface area contributed by atoms with E-state index in [1.54, 1.807) is 6.07 Å². The van der Waals surface area contributed by atoms with Crippen molar-refractivity contribution in [3.05, 3.63) is 35.6 Å². The molecule has 0 radical (unpaired) electrons. The zero-order valence-electron chi connectivity index (χ0n) is 14.1. The molecule has 0 aromatic heterocycles. The van der Waals surface area contributed by atoms with E-state index < -0.39 is 0 Å².